The molecule has 0 fully saturated rings. The van der Waals surface area contributed by atoms with Gasteiger partial charge in [-0.3, -0.25) is 0 Å². The molecule has 2 aromatic carbocycles. The first-order valence-corrected chi connectivity index (χ1v) is 7.76. The maximum Gasteiger partial charge on any atom is 0.0120 e. The molecule has 1 unspecified atom stereocenters. The monoisotopic (exact) mass is 281 g/mol. The zero-order chi connectivity index (χ0) is 15.5. The van der Waals surface area contributed by atoms with Crippen LogP contribution in [-0.4, -0.2) is 6.04 Å². The van der Waals surface area contributed by atoms with Crippen molar-refractivity contribution >= 4 is 0 Å². The van der Waals surface area contributed by atoms with Gasteiger partial charge in [0, 0.05) is 6.04 Å². The van der Waals surface area contributed by atoms with Gasteiger partial charge in [-0.2, -0.15) is 0 Å². The Kier molecular flexibility index (Phi) is 4.84. The fourth-order valence-electron chi connectivity index (χ4n) is 2.64. The van der Waals surface area contributed by atoms with Gasteiger partial charge in [-0.25, -0.2) is 0 Å². The van der Waals surface area contributed by atoms with E-state index in [0.717, 1.165) is 12.8 Å². The Balaban J connectivity index is 2.00. The summed E-state index contributed by atoms with van der Waals surface area (Å²) in [6.45, 7) is 8.88. The van der Waals surface area contributed by atoms with Gasteiger partial charge in [-0.15, -0.1) is 0 Å². The van der Waals surface area contributed by atoms with E-state index in [1.54, 1.807) is 0 Å². The molecule has 0 spiro atoms. The summed E-state index contributed by atoms with van der Waals surface area (Å²) in [5.41, 5.74) is 11.9. The minimum absolute atomic E-state index is 0.173. The van der Waals surface area contributed by atoms with E-state index >= 15 is 0 Å². The van der Waals surface area contributed by atoms with Gasteiger partial charge < -0.3 is 5.73 Å². The molecule has 0 amide bonds. The van der Waals surface area contributed by atoms with E-state index in [1.807, 2.05) is 0 Å². The van der Waals surface area contributed by atoms with Crippen LogP contribution in [0.1, 0.15) is 43.0 Å². The lowest BCUT2D eigenvalue weighted by Crippen LogP contribution is -2.26. The first-order chi connectivity index (χ1) is 9.86. The van der Waals surface area contributed by atoms with Crippen LogP contribution in [0.15, 0.2) is 48.5 Å². The van der Waals surface area contributed by atoms with Gasteiger partial charge in [-0.1, -0.05) is 69.3 Å². The normalized spacial score (nSPS) is 13.2. The molecule has 0 aromatic heterocycles. The predicted molar refractivity (Wildman–Crippen MR) is 91.7 cm³/mol. The zero-order valence-electron chi connectivity index (χ0n) is 13.7. The molecular weight excluding hydrogens is 254 g/mol. The summed E-state index contributed by atoms with van der Waals surface area (Å²) in [6.07, 6.45) is 1.87. The van der Waals surface area contributed by atoms with Crippen LogP contribution in [-0.2, 0) is 18.3 Å². The first-order valence-electron chi connectivity index (χ1n) is 7.76. The second-order valence-electron chi connectivity index (χ2n) is 7.04. The van der Waals surface area contributed by atoms with Gasteiger partial charge in [0.15, 0.2) is 0 Å². The van der Waals surface area contributed by atoms with E-state index in [2.05, 4.69) is 76.2 Å². The fourth-order valence-corrected chi connectivity index (χ4v) is 2.64. The molecule has 0 aliphatic carbocycles. The highest BCUT2D eigenvalue weighted by molar-refractivity contribution is 5.29. The van der Waals surface area contributed by atoms with Crippen molar-refractivity contribution in [1.82, 2.24) is 0 Å². The van der Waals surface area contributed by atoms with E-state index in [-0.39, 0.29) is 11.5 Å². The highest BCUT2D eigenvalue weighted by Gasteiger charge is 2.13. The molecule has 0 radical (unpaired) electrons. The third-order valence-electron chi connectivity index (χ3n) is 4.06. The van der Waals surface area contributed by atoms with Gasteiger partial charge in [-0.05, 0) is 47.4 Å². The Morgan fingerprint density at radius 3 is 2.10 bits per heavy atom. The molecule has 1 atom stereocenters. The lowest BCUT2D eigenvalue weighted by Gasteiger charge is -2.20. The summed E-state index contributed by atoms with van der Waals surface area (Å²) >= 11 is 0. The van der Waals surface area contributed by atoms with Crippen molar-refractivity contribution in [3.8, 4) is 0 Å². The third kappa shape index (κ3) is 4.44. The number of hydrogen-bond acceptors (Lipinski definition) is 1. The molecule has 1 heteroatoms. The van der Waals surface area contributed by atoms with Crippen molar-refractivity contribution in [2.45, 2.75) is 52.0 Å². The van der Waals surface area contributed by atoms with E-state index in [1.165, 1.54) is 22.3 Å². The molecule has 2 rings (SSSR count). The second kappa shape index (κ2) is 6.44. The van der Waals surface area contributed by atoms with Crippen molar-refractivity contribution < 1.29 is 0 Å². The highest BCUT2D eigenvalue weighted by Crippen LogP contribution is 2.22. The third-order valence-corrected chi connectivity index (χ3v) is 4.06. The van der Waals surface area contributed by atoms with Gasteiger partial charge in [0.2, 0.25) is 0 Å². The molecule has 0 saturated carbocycles. The summed E-state index contributed by atoms with van der Waals surface area (Å²) in [5, 5.41) is 0. The summed E-state index contributed by atoms with van der Waals surface area (Å²) in [7, 11) is 0. The van der Waals surface area contributed by atoms with E-state index < -0.39 is 0 Å². The smallest absolute Gasteiger partial charge is 0.0120 e. The van der Waals surface area contributed by atoms with Gasteiger partial charge in [0.1, 0.15) is 0 Å². The molecule has 0 heterocycles. The van der Waals surface area contributed by atoms with E-state index in [9.17, 15) is 0 Å². The number of nitrogens with two attached hydrogens (primary N) is 1. The van der Waals surface area contributed by atoms with Crippen molar-refractivity contribution in [1.29, 1.82) is 0 Å². The number of aryl methyl sites for hydroxylation is 1. The Bertz CT molecular complexity index is 576. The van der Waals surface area contributed by atoms with Crippen LogP contribution < -0.4 is 5.73 Å². The van der Waals surface area contributed by atoms with Crippen molar-refractivity contribution in [2.24, 2.45) is 5.73 Å². The fraction of sp³-hybridized carbons (Fsp3) is 0.400. The van der Waals surface area contributed by atoms with Crippen LogP contribution >= 0.6 is 0 Å². The van der Waals surface area contributed by atoms with E-state index in [0.29, 0.717) is 0 Å². The lowest BCUT2D eigenvalue weighted by atomic mass is 9.86. The topological polar surface area (TPSA) is 26.0 Å². The molecule has 2 N–H and O–H groups in total. The summed E-state index contributed by atoms with van der Waals surface area (Å²) in [6, 6.07) is 17.6. The summed E-state index contributed by atoms with van der Waals surface area (Å²) in [5.74, 6) is 0. The van der Waals surface area contributed by atoms with Gasteiger partial charge in [0.25, 0.3) is 0 Å². The van der Waals surface area contributed by atoms with Crippen LogP contribution in [0, 0.1) is 6.92 Å². The van der Waals surface area contributed by atoms with Crippen LogP contribution in [0.25, 0.3) is 0 Å². The quantitative estimate of drug-likeness (QED) is 0.883. The molecule has 21 heavy (non-hydrogen) atoms. The minimum atomic E-state index is 0.173. The van der Waals surface area contributed by atoms with Crippen molar-refractivity contribution in [2.75, 3.05) is 0 Å². The average molecular weight is 281 g/mol. The maximum atomic E-state index is 6.33. The standard InChI is InChI=1S/C20H27N/c1-15-7-5-6-8-17(15)14-19(21)13-16-9-11-18(12-10-16)20(2,3)4/h5-12,19H,13-14,21H2,1-4H3. The zero-order valence-corrected chi connectivity index (χ0v) is 13.7. The van der Waals surface area contributed by atoms with Gasteiger partial charge >= 0.3 is 0 Å². The predicted octanol–water partition coefficient (Wildman–Crippen LogP) is 4.41. The van der Waals surface area contributed by atoms with Crippen LogP contribution in [0.4, 0.5) is 0 Å². The minimum Gasteiger partial charge on any atom is -0.327 e. The summed E-state index contributed by atoms with van der Waals surface area (Å²) in [4.78, 5) is 0. The summed E-state index contributed by atoms with van der Waals surface area (Å²) < 4.78 is 0. The Labute approximate surface area is 129 Å². The first kappa shape index (κ1) is 15.8. The Morgan fingerprint density at radius 2 is 1.52 bits per heavy atom. The van der Waals surface area contributed by atoms with Crippen LogP contribution in [0.5, 0.6) is 0 Å². The van der Waals surface area contributed by atoms with E-state index in [4.69, 9.17) is 5.73 Å². The molecule has 112 valence electrons. The largest absolute Gasteiger partial charge is 0.327 e. The van der Waals surface area contributed by atoms with Gasteiger partial charge in [0.05, 0.1) is 0 Å². The van der Waals surface area contributed by atoms with Crippen molar-refractivity contribution in [3.63, 3.8) is 0 Å². The molecule has 0 bridgehead atoms. The molecule has 2 aromatic rings. The Hall–Kier alpha value is -1.60. The molecule has 0 aliphatic rings. The number of benzene rings is 2. The Morgan fingerprint density at radius 1 is 0.905 bits per heavy atom. The average Bonchev–Trinajstić information content (AvgIpc) is 2.41. The molecule has 0 aliphatic heterocycles. The molecule has 1 nitrogen and oxygen atoms in total. The lowest BCUT2D eigenvalue weighted by molar-refractivity contribution is 0.589. The second-order valence-corrected chi connectivity index (χ2v) is 7.04. The highest BCUT2D eigenvalue weighted by atomic mass is 14.6. The molecule has 0 saturated heterocycles. The molecular formula is C20H27N. The van der Waals surface area contributed by atoms with Crippen LogP contribution in [0.3, 0.4) is 0 Å². The maximum absolute atomic E-state index is 6.33. The van der Waals surface area contributed by atoms with Crippen molar-refractivity contribution in [3.05, 3.63) is 70.8 Å². The number of rotatable bonds is 4. The number of hydrogen-bond donors (Lipinski definition) is 1. The van der Waals surface area contributed by atoms with Crippen LogP contribution in [0.2, 0.25) is 0 Å². The SMILES string of the molecule is Cc1ccccc1CC(N)Cc1ccc(C(C)(C)C)cc1.